The third kappa shape index (κ3) is 4.86. The van der Waals surface area contributed by atoms with Gasteiger partial charge in [0.2, 0.25) is 0 Å². The van der Waals surface area contributed by atoms with E-state index in [1.165, 1.54) is 18.2 Å². The van der Waals surface area contributed by atoms with E-state index in [0.29, 0.717) is 17.0 Å². The average molecular weight is 435 g/mol. The molecular weight excluding hydrogens is 417 g/mol. The zero-order chi connectivity index (χ0) is 22.5. The summed E-state index contributed by atoms with van der Waals surface area (Å²) in [5, 5.41) is 10.7. The van der Waals surface area contributed by atoms with Crippen LogP contribution in [0.5, 0.6) is 5.75 Å². The van der Waals surface area contributed by atoms with E-state index in [9.17, 15) is 14.0 Å². The molecule has 0 aliphatic heterocycles. The molecule has 2 aromatic carbocycles. The fourth-order valence-corrected chi connectivity index (χ4v) is 2.88. The Hall–Kier alpha value is -4.34. The van der Waals surface area contributed by atoms with Crippen LogP contribution in [0.2, 0.25) is 0 Å². The number of nitrogens with zero attached hydrogens (tertiary/aromatic N) is 4. The monoisotopic (exact) mass is 435 g/mol. The zero-order valence-corrected chi connectivity index (χ0v) is 17.0. The molecule has 10 heteroatoms. The fourth-order valence-electron chi connectivity index (χ4n) is 2.88. The van der Waals surface area contributed by atoms with E-state index in [-0.39, 0.29) is 36.2 Å². The van der Waals surface area contributed by atoms with Crippen molar-refractivity contribution in [2.75, 3.05) is 7.11 Å². The first kappa shape index (κ1) is 20.9. The van der Waals surface area contributed by atoms with Crippen LogP contribution in [0.3, 0.4) is 0 Å². The van der Waals surface area contributed by atoms with E-state index in [0.717, 1.165) is 10.2 Å². The normalized spacial score (nSPS) is 10.7. The SMILES string of the molecule is COc1ccc(CNC(=O)c2nc(Cn3nc(-c4ccc(F)cc4)ccc3=O)no2)cc1. The molecule has 162 valence electrons. The van der Waals surface area contributed by atoms with Gasteiger partial charge in [-0.25, -0.2) is 9.07 Å². The Labute approximate surface area is 181 Å². The van der Waals surface area contributed by atoms with Crippen LogP contribution < -0.4 is 15.6 Å². The minimum atomic E-state index is -0.542. The number of aromatic nitrogens is 4. The van der Waals surface area contributed by atoms with E-state index < -0.39 is 5.91 Å². The van der Waals surface area contributed by atoms with Crippen LogP contribution in [-0.4, -0.2) is 32.9 Å². The smallest absolute Gasteiger partial charge is 0.316 e. The highest BCUT2D eigenvalue weighted by molar-refractivity contribution is 5.89. The molecule has 0 fully saturated rings. The lowest BCUT2D eigenvalue weighted by molar-refractivity contribution is 0.0907. The molecule has 1 N–H and O–H groups in total. The van der Waals surface area contributed by atoms with Crippen molar-refractivity contribution in [3.05, 3.63) is 94.1 Å². The molecular formula is C22H18FN5O4. The van der Waals surface area contributed by atoms with Crippen molar-refractivity contribution in [3.8, 4) is 17.0 Å². The quantitative estimate of drug-likeness (QED) is 0.474. The summed E-state index contributed by atoms with van der Waals surface area (Å²) in [6.07, 6.45) is 0. The lowest BCUT2D eigenvalue weighted by Crippen LogP contribution is -2.24. The van der Waals surface area contributed by atoms with Gasteiger partial charge in [-0.2, -0.15) is 10.1 Å². The molecule has 2 aromatic heterocycles. The summed E-state index contributed by atoms with van der Waals surface area (Å²) in [5.74, 6) is -0.303. The van der Waals surface area contributed by atoms with Gasteiger partial charge < -0.3 is 14.6 Å². The van der Waals surface area contributed by atoms with Crippen molar-refractivity contribution in [1.29, 1.82) is 0 Å². The van der Waals surface area contributed by atoms with Gasteiger partial charge in [0.1, 0.15) is 18.1 Å². The Kier molecular flexibility index (Phi) is 6.02. The van der Waals surface area contributed by atoms with Gasteiger partial charge in [0.15, 0.2) is 5.82 Å². The number of hydrogen-bond donors (Lipinski definition) is 1. The maximum atomic E-state index is 13.1. The number of carbonyl (C=O) groups excluding carboxylic acids is 1. The van der Waals surface area contributed by atoms with Crippen LogP contribution in [0.4, 0.5) is 4.39 Å². The molecule has 9 nitrogen and oxygen atoms in total. The third-order valence-corrected chi connectivity index (χ3v) is 4.57. The molecule has 2 heterocycles. The molecule has 0 spiro atoms. The summed E-state index contributed by atoms with van der Waals surface area (Å²) >= 11 is 0. The van der Waals surface area contributed by atoms with Crippen LogP contribution in [0.15, 0.2) is 70.0 Å². The topological polar surface area (TPSA) is 112 Å². The Morgan fingerprint density at radius 2 is 1.84 bits per heavy atom. The van der Waals surface area contributed by atoms with E-state index >= 15 is 0 Å². The minimum Gasteiger partial charge on any atom is -0.497 e. The predicted molar refractivity (Wildman–Crippen MR) is 111 cm³/mol. The van der Waals surface area contributed by atoms with Gasteiger partial charge in [-0.3, -0.25) is 9.59 Å². The molecule has 0 unspecified atom stereocenters. The molecule has 32 heavy (non-hydrogen) atoms. The lowest BCUT2D eigenvalue weighted by atomic mass is 10.1. The first-order valence-corrected chi connectivity index (χ1v) is 9.59. The Morgan fingerprint density at radius 1 is 1.09 bits per heavy atom. The highest BCUT2D eigenvalue weighted by atomic mass is 19.1. The molecule has 0 aliphatic rings. The van der Waals surface area contributed by atoms with Gasteiger partial charge >= 0.3 is 11.8 Å². The summed E-state index contributed by atoms with van der Waals surface area (Å²) < 4.78 is 24.4. The van der Waals surface area contributed by atoms with E-state index in [1.54, 1.807) is 37.4 Å². The molecule has 0 bridgehead atoms. The second kappa shape index (κ2) is 9.21. The number of carbonyl (C=O) groups is 1. The zero-order valence-electron chi connectivity index (χ0n) is 17.0. The predicted octanol–water partition coefficient (Wildman–Crippen LogP) is 2.42. The molecule has 0 atom stereocenters. The first-order chi connectivity index (χ1) is 15.5. The number of hydrogen-bond acceptors (Lipinski definition) is 7. The van der Waals surface area contributed by atoms with Crippen LogP contribution in [0.1, 0.15) is 22.1 Å². The molecule has 0 saturated carbocycles. The average Bonchev–Trinajstić information content (AvgIpc) is 3.28. The van der Waals surface area contributed by atoms with Crippen molar-refractivity contribution >= 4 is 5.91 Å². The number of nitrogens with one attached hydrogen (secondary N) is 1. The minimum absolute atomic E-state index is 0.0941. The van der Waals surface area contributed by atoms with Crippen molar-refractivity contribution in [2.45, 2.75) is 13.1 Å². The summed E-state index contributed by atoms with van der Waals surface area (Å²) in [6, 6.07) is 15.8. The molecule has 4 rings (SSSR count). The van der Waals surface area contributed by atoms with E-state index in [4.69, 9.17) is 9.26 Å². The van der Waals surface area contributed by atoms with Crippen LogP contribution in [0, 0.1) is 5.82 Å². The standard InChI is InChI=1S/C22H18FN5O4/c1-31-17-8-2-14(3-9-17)12-24-21(30)22-25-19(27-32-22)13-28-20(29)11-10-18(26-28)15-4-6-16(23)7-5-15/h2-11H,12-13H2,1H3,(H,24,30). The molecule has 0 radical (unpaired) electrons. The second-order valence-electron chi connectivity index (χ2n) is 6.77. The van der Waals surface area contributed by atoms with Crippen LogP contribution in [-0.2, 0) is 13.1 Å². The Morgan fingerprint density at radius 3 is 2.56 bits per heavy atom. The van der Waals surface area contributed by atoms with E-state index in [1.807, 2.05) is 12.1 Å². The number of rotatable bonds is 7. The summed E-state index contributed by atoms with van der Waals surface area (Å²) in [6.45, 7) is 0.171. The van der Waals surface area contributed by atoms with Gasteiger partial charge in [-0.15, -0.1) is 0 Å². The Balaban J connectivity index is 1.43. The first-order valence-electron chi connectivity index (χ1n) is 9.59. The largest absolute Gasteiger partial charge is 0.497 e. The maximum Gasteiger partial charge on any atom is 0.316 e. The van der Waals surface area contributed by atoms with Crippen LogP contribution >= 0.6 is 0 Å². The van der Waals surface area contributed by atoms with E-state index in [2.05, 4.69) is 20.6 Å². The summed E-state index contributed by atoms with van der Waals surface area (Å²) in [7, 11) is 1.58. The number of amides is 1. The van der Waals surface area contributed by atoms with Gasteiger partial charge in [-0.1, -0.05) is 17.3 Å². The second-order valence-corrected chi connectivity index (χ2v) is 6.77. The number of benzene rings is 2. The number of methoxy groups -OCH3 is 1. The molecule has 4 aromatic rings. The van der Waals surface area contributed by atoms with Crippen molar-refractivity contribution < 1.29 is 18.4 Å². The number of ether oxygens (including phenoxy) is 1. The molecule has 1 amide bonds. The number of halogens is 1. The highest BCUT2D eigenvalue weighted by Crippen LogP contribution is 2.16. The van der Waals surface area contributed by atoms with Gasteiger partial charge in [0.05, 0.1) is 12.8 Å². The molecule has 0 saturated heterocycles. The molecule has 0 aliphatic carbocycles. The van der Waals surface area contributed by atoms with Gasteiger partial charge in [-0.05, 0) is 48.0 Å². The van der Waals surface area contributed by atoms with Crippen LogP contribution in [0.25, 0.3) is 11.3 Å². The highest BCUT2D eigenvalue weighted by Gasteiger charge is 2.16. The third-order valence-electron chi connectivity index (χ3n) is 4.57. The lowest BCUT2D eigenvalue weighted by Gasteiger charge is -2.05. The van der Waals surface area contributed by atoms with Crippen molar-refractivity contribution in [3.63, 3.8) is 0 Å². The van der Waals surface area contributed by atoms with Crippen molar-refractivity contribution in [1.82, 2.24) is 25.2 Å². The fraction of sp³-hybridized carbons (Fsp3) is 0.136. The Bertz CT molecular complexity index is 1280. The summed E-state index contributed by atoms with van der Waals surface area (Å²) in [5.41, 5.74) is 1.61. The van der Waals surface area contributed by atoms with Gasteiger partial charge in [0, 0.05) is 18.2 Å². The maximum absolute atomic E-state index is 13.1. The van der Waals surface area contributed by atoms with Gasteiger partial charge in [0.25, 0.3) is 5.56 Å². The van der Waals surface area contributed by atoms with Crippen molar-refractivity contribution in [2.24, 2.45) is 0 Å². The summed E-state index contributed by atoms with van der Waals surface area (Å²) in [4.78, 5) is 28.5.